The van der Waals surface area contributed by atoms with E-state index in [1.807, 2.05) is 0 Å². The monoisotopic (exact) mass is 358 g/mol. The van der Waals surface area contributed by atoms with E-state index in [-0.39, 0.29) is 55.7 Å². The highest BCUT2D eigenvalue weighted by molar-refractivity contribution is 7.85. The Morgan fingerprint density at radius 2 is 1.33 bits per heavy atom. The molecule has 1 N–H and O–H groups in total. The van der Waals surface area contributed by atoms with Crippen LogP contribution in [-0.4, -0.2) is 38.1 Å². The zero-order valence-corrected chi connectivity index (χ0v) is 14.6. The molecule has 8 heteroatoms. The number of hydrogen-bond acceptors (Lipinski definition) is 6. The molecule has 0 saturated heterocycles. The molecule has 0 bridgehead atoms. The van der Waals surface area contributed by atoms with Crippen molar-refractivity contribution in [3.8, 4) is 0 Å². The van der Waals surface area contributed by atoms with E-state index < -0.39 is 10.1 Å². The highest BCUT2D eigenvalue weighted by Crippen LogP contribution is 2.18. The minimum atomic E-state index is -4.38. The molecule has 0 radical (unpaired) electrons. The molecular weight excluding hydrogens is 336 g/mol. The molecular formula is C16H22O7S. The summed E-state index contributed by atoms with van der Waals surface area (Å²) in [5.74, 6) is -0.773. The van der Waals surface area contributed by atoms with E-state index in [9.17, 15) is 22.6 Å². The van der Waals surface area contributed by atoms with Crippen LogP contribution < -0.4 is 0 Å². The van der Waals surface area contributed by atoms with Gasteiger partial charge in [-0.05, 0) is 49.9 Å². The minimum absolute atomic E-state index is 0.0973. The lowest BCUT2D eigenvalue weighted by atomic mass is 10.0. The van der Waals surface area contributed by atoms with Crippen LogP contribution in [0.2, 0.25) is 0 Å². The first-order valence-corrected chi connectivity index (χ1v) is 9.11. The van der Waals surface area contributed by atoms with Crippen LogP contribution in [0.4, 0.5) is 0 Å². The molecule has 0 fully saturated rings. The van der Waals surface area contributed by atoms with E-state index >= 15 is 0 Å². The van der Waals surface area contributed by atoms with Crippen LogP contribution in [0.15, 0.2) is 23.1 Å². The van der Waals surface area contributed by atoms with E-state index in [2.05, 4.69) is 0 Å². The normalized spacial score (nSPS) is 11.1. The third kappa shape index (κ3) is 7.10. The first-order chi connectivity index (χ1) is 11.3. The maximum absolute atomic E-state index is 11.4. The summed E-state index contributed by atoms with van der Waals surface area (Å²) in [6.07, 6.45) is 0.739. The fraction of sp³-hybridized carbons (Fsp3) is 0.500. The number of aryl methyl sites for hydroxylation is 2. The van der Waals surface area contributed by atoms with Gasteiger partial charge >= 0.3 is 11.9 Å². The second-order valence-electron chi connectivity index (χ2n) is 5.07. The molecule has 0 heterocycles. The Bertz CT molecular complexity index is 639. The summed E-state index contributed by atoms with van der Waals surface area (Å²) in [6, 6.07) is 4.32. The molecule has 0 aliphatic heterocycles. The van der Waals surface area contributed by atoms with Crippen molar-refractivity contribution in [3.63, 3.8) is 0 Å². The summed E-state index contributed by atoms with van der Waals surface area (Å²) < 4.78 is 41.7. The number of carbonyl (C=O) groups excluding carboxylic acids is 2. The molecule has 1 aromatic rings. The Morgan fingerprint density at radius 3 is 1.67 bits per heavy atom. The van der Waals surface area contributed by atoms with Crippen molar-refractivity contribution < 1.29 is 32.0 Å². The summed E-state index contributed by atoms with van der Waals surface area (Å²) in [7, 11) is -4.38. The lowest BCUT2D eigenvalue weighted by Crippen LogP contribution is -2.08. The first kappa shape index (κ1) is 20.1. The van der Waals surface area contributed by atoms with Gasteiger partial charge in [-0.2, -0.15) is 8.42 Å². The van der Waals surface area contributed by atoms with Crippen LogP contribution in [0.1, 0.15) is 37.8 Å². The van der Waals surface area contributed by atoms with Crippen LogP contribution in [-0.2, 0) is 42.0 Å². The van der Waals surface area contributed by atoms with Crippen LogP contribution in [0.5, 0.6) is 0 Å². The van der Waals surface area contributed by atoms with Crippen LogP contribution in [0.3, 0.4) is 0 Å². The van der Waals surface area contributed by atoms with E-state index in [0.29, 0.717) is 11.1 Å². The second-order valence-corrected chi connectivity index (χ2v) is 6.49. The topological polar surface area (TPSA) is 107 Å². The Kier molecular flexibility index (Phi) is 7.87. The standard InChI is InChI=1S/C16H22O7S/c1-3-22-15(17)7-5-12-9-13(6-8-16(18)23-4-2)11-14(10-12)24(19,20)21/h9-11H,3-8H2,1-2H3,(H,19,20,21). The van der Waals surface area contributed by atoms with E-state index in [0.717, 1.165) is 0 Å². The fourth-order valence-corrected chi connectivity index (χ4v) is 2.73. The molecule has 0 amide bonds. The van der Waals surface area contributed by atoms with Gasteiger partial charge in [0.1, 0.15) is 0 Å². The average Bonchev–Trinajstić information content (AvgIpc) is 2.50. The summed E-state index contributed by atoms with van der Waals surface area (Å²) in [5.41, 5.74) is 1.13. The smallest absolute Gasteiger partial charge is 0.306 e. The Balaban J connectivity index is 2.92. The van der Waals surface area contributed by atoms with Gasteiger partial charge in [-0.15, -0.1) is 0 Å². The van der Waals surface area contributed by atoms with E-state index in [1.54, 1.807) is 19.9 Å². The zero-order chi connectivity index (χ0) is 18.2. The van der Waals surface area contributed by atoms with Crippen molar-refractivity contribution in [3.05, 3.63) is 29.3 Å². The largest absolute Gasteiger partial charge is 0.466 e. The third-order valence-electron chi connectivity index (χ3n) is 3.17. The Hall–Kier alpha value is -1.93. The summed E-state index contributed by atoms with van der Waals surface area (Å²) in [6.45, 7) is 3.94. The molecule has 0 saturated carbocycles. The summed E-state index contributed by atoms with van der Waals surface area (Å²) in [4.78, 5) is 22.6. The fourth-order valence-electron chi connectivity index (χ4n) is 2.13. The van der Waals surface area contributed by atoms with Gasteiger partial charge < -0.3 is 9.47 Å². The van der Waals surface area contributed by atoms with Crippen LogP contribution in [0, 0.1) is 0 Å². The van der Waals surface area contributed by atoms with Gasteiger partial charge in [0.2, 0.25) is 0 Å². The number of benzene rings is 1. The van der Waals surface area contributed by atoms with Crippen LogP contribution in [0.25, 0.3) is 0 Å². The molecule has 1 rings (SSSR count). The number of rotatable bonds is 9. The molecule has 0 unspecified atom stereocenters. The molecule has 0 aromatic heterocycles. The van der Waals surface area contributed by atoms with Crippen molar-refractivity contribution >= 4 is 22.1 Å². The first-order valence-electron chi connectivity index (χ1n) is 7.67. The van der Waals surface area contributed by atoms with Crippen LogP contribution >= 0.6 is 0 Å². The average molecular weight is 358 g/mol. The van der Waals surface area contributed by atoms with E-state index in [1.165, 1.54) is 12.1 Å². The van der Waals surface area contributed by atoms with Crippen molar-refractivity contribution in [1.29, 1.82) is 0 Å². The number of esters is 2. The molecule has 0 aliphatic carbocycles. The van der Waals surface area contributed by atoms with Gasteiger partial charge in [-0.3, -0.25) is 14.1 Å². The SMILES string of the molecule is CCOC(=O)CCc1cc(CCC(=O)OCC)cc(S(=O)(=O)O)c1. The van der Waals surface area contributed by atoms with Gasteiger partial charge in [0, 0.05) is 12.8 Å². The highest BCUT2D eigenvalue weighted by atomic mass is 32.2. The Morgan fingerprint density at radius 1 is 0.917 bits per heavy atom. The Labute approximate surface area is 141 Å². The minimum Gasteiger partial charge on any atom is -0.466 e. The number of hydrogen-bond donors (Lipinski definition) is 1. The molecule has 1 aromatic carbocycles. The van der Waals surface area contributed by atoms with Gasteiger partial charge in [0.15, 0.2) is 0 Å². The van der Waals surface area contributed by atoms with Gasteiger partial charge in [0.25, 0.3) is 10.1 Å². The number of ether oxygens (including phenoxy) is 2. The summed E-state index contributed by atoms with van der Waals surface area (Å²) >= 11 is 0. The second kappa shape index (κ2) is 9.39. The molecule has 24 heavy (non-hydrogen) atoms. The highest BCUT2D eigenvalue weighted by Gasteiger charge is 2.14. The predicted octanol–water partition coefficient (Wildman–Crippen LogP) is 1.92. The van der Waals surface area contributed by atoms with Crippen molar-refractivity contribution in [2.45, 2.75) is 44.4 Å². The van der Waals surface area contributed by atoms with Gasteiger partial charge in [0.05, 0.1) is 18.1 Å². The van der Waals surface area contributed by atoms with Gasteiger partial charge in [-0.25, -0.2) is 0 Å². The van der Waals surface area contributed by atoms with E-state index in [4.69, 9.17) is 9.47 Å². The number of carbonyl (C=O) groups is 2. The lowest BCUT2D eigenvalue weighted by Gasteiger charge is -2.09. The molecule has 134 valence electrons. The summed E-state index contributed by atoms with van der Waals surface area (Å²) in [5, 5.41) is 0. The maximum atomic E-state index is 11.4. The third-order valence-corrected chi connectivity index (χ3v) is 4.00. The van der Waals surface area contributed by atoms with Crippen molar-refractivity contribution in [2.24, 2.45) is 0 Å². The van der Waals surface area contributed by atoms with Crippen molar-refractivity contribution in [1.82, 2.24) is 0 Å². The van der Waals surface area contributed by atoms with Gasteiger partial charge in [-0.1, -0.05) is 6.07 Å². The molecule has 0 aliphatic rings. The predicted molar refractivity (Wildman–Crippen MR) is 86.2 cm³/mol. The molecule has 7 nitrogen and oxygen atoms in total. The zero-order valence-electron chi connectivity index (χ0n) is 13.8. The quantitative estimate of drug-likeness (QED) is 0.531. The molecule has 0 spiro atoms. The molecule has 0 atom stereocenters. The lowest BCUT2D eigenvalue weighted by molar-refractivity contribution is -0.143. The van der Waals surface area contributed by atoms with Crippen molar-refractivity contribution in [2.75, 3.05) is 13.2 Å². The maximum Gasteiger partial charge on any atom is 0.306 e.